The quantitative estimate of drug-likeness (QED) is 0.268. The smallest absolute Gasteiger partial charge is 0.227 e. The van der Waals surface area contributed by atoms with Crippen molar-refractivity contribution in [1.82, 2.24) is 30.7 Å². The van der Waals surface area contributed by atoms with Crippen LogP contribution in [0.5, 0.6) is 0 Å². The number of carbonyl (C=O) groups excluding carboxylic acids is 1. The Labute approximate surface area is 214 Å². The predicted molar refractivity (Wildman–Crippen MR) is 144 cm³/mol. The number of hydrazine groups is 2. The zero-order valence-electron chi connectivity index (χ0n) is 19.8. The van der Waals surface area contributed by atoms with Crippen LogP contribution >= 0.6 is 20.7 Å². The molecule has 35 heavy (non-hydrogen) atoms. The summed E-state index contributed by atoms with van der Waals surface area (Å²) in [4.78, 5) is 18.0. The Morgan fingerprint density at radius 1 is 1.06 bits per heavy atom. The summed E-state index contributed by atoms with van der Waals surface area (Å²) in [6.45, 7) is 2.91. The van der Waals surface area contributed by atoms with E-state index in [0.29, 0.717) is 18.5 Å². The van der Waals surface area contributed by atoms with Crippen LogP contribution in [0, 0.1) is 0 Å². The molecule has 9 nitrogen and oxygen atoms in total. The van der Waals surface area contributed by atoms with Gasteiger partial charge in [0, 0.05) is 38.8 Å². The molecule has 2 bridgehead atoms. The number of amides is 1. The van der Waals surface area contributed by atoms with Gasteiger partial charge in [0.15, 0.2) is 0 Å². The third kappa shape index (κ3) is 4.84. The molecule has 2 fully saturated rings. The molecule has 2 unspecified atom stereocenters. The highest BCUT2D eigenvalue weighted by Crippen LogP contribution is 2.31. The molecule has 4 heterocycles. The van der Waals surface area contributed by atoms with E-state index >= 15 is 0 Å². The number of fused-ring (bicyclic) bond motifs is 3. The number of nitrogens with zero attached hydrogens (tertiary/aromatic N) is 6. The van der Waals surface area contributed by atoms with Crippen molar-refractivity contribution in [1.29, 1.82) is 0 Å². The van der Waals surface area contributed by atoms with E-state index in [1.54, 1.807) is 0 Å². The van der Waals surface area contributed by atoms with Crippen molar-refractivity contribution in [2.45, 2.75) is 37.8 Å². The Balaban J connectivity index is 1.04. The number of piperazine rings is 1. The molecule has 3 aromatic rings. The van der Waals surface area contributed by atoms with Crippen molar-refractivity contribution < 1.29 is 9.42 Å². The van der Waals surface area contributed by atoms with Crippen molar-refractivity contribution in [3.8, 4) is 0 Å². The first-order valence-corrected chi connectivity index (χ1v) is 14.9. The van der Waals surface area contributed by atoms with Crippen LogP contribution in [0.4, 0.5) is 5.69 Å². The van der Waals surface area contributed by atoms with Crippen LogP contribution in [0.2, 0.25) is 0 Å². The minimum absolute atomic E-state index is 0.0352. The Bertz CT molecular complexity index is 1220. The summed E-state index contributed by atoms with van der Waals surface area (Å²) >= 11 is 0.0352. The maximum atomic E-state index is 13.3. The van der Waals surface area contributed by atoms with Gasteiger partial charge in [-0.2, -0.15) is 5.12 Å². The summed E-state index contributed by atoms with van der Waals surface area (Å²) in [5.41, 5.74) is 8.43. The molecule has 0 radical (unpaired) electrons. The molecular weight excluding hydrogens is 557 g/mol. The number of anilines is 1. The second kappa shape index (κ2) is 9.92. The molecule has 2 atom stereocenters. The van der Waals surface area contributed by atoms with Gasteiger partial charge >= 0.3 is 0 Å². The fourth-order valence-corrected chi connectivity index (χ4v) is 7.43. The Morgan fingerprint density at radius 2 is 1.80 bits per heavy atom. The van der Waals surface area contributed by atoms with E-state index < -0.39 is 0 Å². The van der Waals surface area contributed by atoms with Gasteiger partial charge in [0.2, 0.25) is 5.91 Å². The Kier molecular flexibility index (Phi) is 6.52. The van der Waals surface area contributed by atoms with Crippen LogP contribution in [0.1, 0.15) is 24.0 Å². The van der Waals surface area contributed by atoms with Gasteiger partial charge < -0.3 is 4.90 Å². The van der Waals surface area contributed by atoms with E-state index in [9.17, 15) is 4.79 Å². The van der Waals surface area contributed by atoms with E-state index in [1.807, 2.05) is 18.2 Å². The lowest BCUT2D eigenvalue weighted by Gasteiger charge is -2.41. The standard InChI is InChI=1S/C25H30IN7O2/c1-30-27-16-26-17-32(30)20-5-2-18(3-6-20)13-25(34)33-21-7-8-22(33)15-31(14-21)11-10-19-4-9-23-24(12-19)29-35-28-23/h2-6,9,12,17,21-22,27H,7-8,10-11,13-16H2,1H3. The molecule has 1 N–H and O–H groups in total. The molecule has 0 saturated carbocycles. The topological polar surface area (TPSA) is 81.0 Å². The molecular formula is C25H30IN7O2. The van der Waals surface area contributed by atoms with Crippen molar-refractivity contribution in [3.05, 3.63) is 53.6 Å². The van der Waals surface area contributed by atoms with Crippen LogP contribution in [0.25, 0.3) is 11.0 Å². The first-order chi connectivity index (χ1) is 17.1. The largest absolute Gasteiger partial charge is 0.334 e. The van der Waals surface area contributed by atoms with Crippen LogP contribution in [-0.2, 0) is 17.6 Å². The van der Waals surface area contributed by atoms with Crippen LogP contribution in [0.15, 0.2) is 47.1 Å². The minimum atomic E-state index is 0.0352. The second-order valence-corrected chi connectivity index (χ2v) is 11.7. The second-order valence-electron chi connectivity index (χ2n) is 9.54. The van der Waals surface area contributed by atoms with E-state index in [1.165, 1.54) is 5.56 Å². The third-order valence-corrected chi connectivity index (χ3v) is 8.99. The van der Waals surface area contributed by atoms with Crippen LogP contribution < -0.4 is 10.4 Å². The summed E-state index contributed by atoms with van der Waals surface area (Å²) in [6.07, 6.45) is 3.65. The van der Waals surface area contributed by atoms with Crippen molar-refractivity contribution in [2.24, 2.45) is 0 Å². The first kappa shape index (κ1) is 23.0. The van der Waals surface area contributed by atoms with Gasteiger partial charge in [-0.25, -0.2) is 10.1 Å². The summed E-state index contributed by atoms with van der Waals surface area (Å²) in [5.74, 6) is 0.267. The molecule has 184 valence electrons. The Hall–Kier alpha value is -2.41. The number of alkyl halides is 1. The van der Waals surface area contributed by atoms with Gasteiger partial charge in [-0.1, -0.05) is 38.9 Å². The number of hydrogen-bond acceptors (Lipinski definition) is 8. The number of rotatable bonds is 6. The Morgan fingerprint density at radius 3 is 2.57 bits per heavy atom. The van der Waals surface area contributed by atoms with Gasteiger partial charge in [-0.3, -0.25) is 14.7 Å². The maximum Gasteiger partial charge on any atom is 0.227 e. The van der Waals surface area contributed by atoms with E-state index in [4.69, 9.17) is 4.63 Å². The highest BCUT2D eigenvalue weighted by molar-refractivity contribution is 14.2. The van der Waals surface area contributed by atoms with Crippen molar-refractivity contribution >= 4 is 47.5 Å². The molecule has 3 aliphatic heterocycles. The molecule has 0 aliphatic carbocycles. The lowest BCUT2D eigenvalue weighted by atomic mass is 10.1. The monoisotopic (exact) mass is 587 g/mol. The zero-order chi connectivity index (χ0) is 23.8. The third-order valence-electron chi connectivity index (χ3n) is 7.29. The van der Waals surface area contributed by atoms with Crippen LogP contribution in [0.3, 0.4) is 0 Å². The number of halogens is 1. The molecule has 3 aliphatic rings. The number of benzene rings is 2. The van der Waals surface area contributed by atoms with Crippen molar-refractivity contribution in [2.75, 3.05) is 36.2 Å². The predicted octanol–water partition coefficient (Wildman–Crippen LogP) is 2.54. The van der Waals surface area contributed by atoms with E-state index in [0.717, 1.165) is 65.7 Å². The highest BCUT2D eigenvalue weighted by atomic mass is 127. The average Bonchev–Trinajstić information content (AvgIpc) is 3.45. The minimum Gasteiger partial charge on any atom is -0.334 e. The van der Waals surface area contributed by atoms with Crippen LogP contribution in [-0.4, -0.2) is 78.6 Å². The van der Waals surface area contributed by atoms with Gasteiger partial charge in [0.25, 0.3) is 0 Å². The summed E-state index contributed by atoms with van der Waals surface area (Å²) < 4.78 is 8.16. The molecule has 1 amide bonds. The zero-order valence-corrected chi connectivity index (χ0v) is 22.0. The fourth-order valence-electron chi connectivity index (χ4n) is 5.47. The van der Waals surface area contributed by atoms with E-state index in [-0.39, 0.29) is 26.6 Å². The SMILES string of the molecule is CN1NCI=CN1c1ccc(CC(=O)N2C3CCC2CN(CCc2ccc4nonc4c2)C3)cc1. The maximum absolute atomic E-state index is 13.3. The highest BCUT2D eigenvalue weighted by Gasteiger charge is 2.42. The summed E-state index contributed by atoms with van der Waals surface area (Å²) in [7, 11) is 2.03. The number of nitrogens with one attached hydrogen (secondary N) is 1. The van der Waals surface area contributed by atoms with E-state index in [2.05, 4.69) is 71.1 Å². The van der Waals surface area contributed by atoms with Gasteiger partial charge in [-0.15, -0.1) is 0 Å². The average molecular weight is 587 g/mol. The number of aromatic nitrogens is 2. The normalized spacial score (nSPS) is 23.1. The molecule has 10 heteroatoms. The fraction of sp³-hybridized carbons (Fsp3) is 0.440. The summed E-state index contributed by atoms with van der Waals surface area (Å²) in [5, 5.41) is 12.0. The molecule has 2 saturated heterocycles. The molecule has 1 aromatic heterocycles. The molecule has 6 rings (SSSR count). The molecule has 2 aromatic carbocycles. The molecule has 0 spiro atoms. The first-order valence-electron chi connectivity index (χ1n) is 12.1. The lowest BCUT2D eigenvalue weighted by molar-refractivity contribution is -0.136. The number of likely N-dealkylation sites (tertiary alicyclic amines) is 1. The van der Waals surface area contributed by atoms with Gasteiger partial charge in [-0.05, 0) is 65.0 Å². The van der Waals surface area contributed by atoms with Gasteiger partial charge in [0.05, 0.1) is 20.8 Å². The summed E-state index contributed by atoms with van der Waals surface area (Å²) in [6, 6.07) is 15.2. The van der Waals surface area contributed by atoms with Crippen molar-refractivity contribution in [3.63, 3.8) is 0 Å². The lowest BCUT2D eigenvalue weighted by Crippen LogP contribution is -2.56. The number of hydrogen-bond donors (Lipinski definition) is 1. The van der Waals surface area contributed by atoms with Gasteiger partial charge in [0.1, 0.15) is 11.0 Å². The number of carbonyl (C=O) groups is 1.